The fraction of sp³-hybridized carbons (Fsp3) is 0.375. The van der Waals surface area contributed by atoms with Gasteiger partial charge in [0, 0.05) is 18.7 Å². The number of carbonyl (C=O) groups is 2. The van der Waals surface area contributed by atoms with Gasteiger partial charge in [-0.2, -0.15) is 0 Å². The molecule has 0 bridgehead atoms. The van der Waals surface area contributed by atoms with Crippen LogP contribution in [-0.4, -0.2) is 64.5 Å². The number of hydrogen-bond acceptors (Lipinski definition) is 6. The minimum atomic E-state index is -4.22. The number of rotatable bonds is 13. The van der Waals surface area contributed by atoms with Crippen molar-refractivity contribution in [1.29, 1.82) is 0 Å². The van der Waals surface area contributed by atoms with Crippen LogP contribution in [0, 0.1) is 0 Å². The fourth-order valence-corrected chi connectivity index (χ4v) is 6.62. The summed E-state index contributed by atoms with van der Waals surface area (Å²) in [5.41, 5.74) is 1.15. The molecule has 0 unspecified atom stereocenters. The molecule has 42 heavy (non-hydrogen) atoms. The lowest BCUT2D eigenvalue weighted by atomic mass is 10.1. The molecule has 0 radical (unpaired) electrons. The highest BCUT2D eigenvalue weighted by Crippen LogP contribution is 2.36. The van der Waals surface area contributed by atoms with Gasteiger partial charge in [0.1, 0.15) is 24.1 Å². The summed E-state index contributed by atoms with van der Waals surface area (Å²) in [6.07, 6.45) is 4.45. The lowest BCUT2D eigenvalue weighted by molar-refractivity contribution is -0.139. The van der Waals surface area contributed by atoms with Gasteiger partial charge in [0.15, 0.2) is 0 Å². The molecular weight excluding hydrogens is 554 g/mol. The highest BCUT2D eigenvalue weighted by atomic mass is 32.2. The largest absolute Gasteiger partial charge is 0.497 e. The van der Waals surface area contributed by atoms with Crippen LogP contribution in [0.25, 0.3) is 0 Å². The average molecular weight is 594 g/mol. The first-order valence-electron chi connectivity index (χ1n) is 14.2. The van der Waals surface area contributed by atoms with E-state index < -0.39 is 28.5 Å². The van der Waals surface area contributed by atoms with Gasteiger partial charge in [-0.15, -0.1) is 0 Å². The highest BCUT2D eigenvalue weighted by molar-refractivity contribution is 7.92. The van der Waals surface area contributed by atoms with E-state index in [1.165, 1.54) is 37.3 Å². The van der Waals surface area contributed by atoms with Crippen LogP contribution >= 0.6 is 0 Å². The maximum absolute atomic E-state index is 14.1. The van der Waals surface area contributed by atoms with E-state index >= 15 is 0 Å². The third-order valence-electron chi connectivity index (χ3n) is 7.62. The van der Waals surface area contributed by atoms with Crippen molar-refractivity contribution in [3.8, 4) is 11.5 Å². The molecule has 0 aliphatic heterocycles. The van der Waals surface area contributed by atoms with Crippen molar-refractivity contribution in [3.63, 3.8) is 0 Å². The molecule has 3 aromatic carbocycles. The maximum Gasteiger partial charge on any atom is 0.264 e. The van der Waals surface area contributed by atoms with Gasteiger partial charge in [-0.25, -0.2) is 8.42 Å². The summed E-state index contributed by atoms with van der Waals surface area (Å²) in [5, 5.41) is 3.09. The van der Waals surface area contributed by atoms with Crippen molar-refractivity contribution in [2.45, 2.75) is 56.0 Å². The number of carbonyl (C=O) groups excluding carboxylic acids is 2. The molecule has 0 spiro atoms. The molecule has 9 nitrogen and oxygen atoms in total. The summed E-state index contributed by atoms with van der Waals surface area (Å²) >= 11 is 0. The number of amides is 2. The van der Waals surface area contributed by atoms with Gasteiger partial charge in [0.25, 0.3) is 10.0 Å². The van der Waals surface area contributed by atoms with Crippen LogP contribution in [0.1, 0.15) is 38.2 Å². The number of benzene rings is 3. The third-order valence-corrected chi connectivity index (χ3v) is 9.39. The predicted molar refractivity (Wildman–Crippen MR) is 162 cm³/mol. The van der Waals surface area contributed by atoms with Crippen molar-refractivity contribution in [2.24, 2.45) is 0 Å². The number of methoxy groups -OCH3 is 2. The summed E-state index contributed by atoms with van der Waals surface area (Å²) < 4.78 is 40.0. The summed E-state index contributed by atoms with van der Waals surface area (Å²) in [7, 11) is -1.31. The SMILES string of the molecule is COc1ccc(OC)c(N(CC(=O)N(CCc2ccccc2)[C@H](C)C(=O)NC2CCCC2)S(=O)(=O)c2ccccc2)c1. The number of nitrogens with zero attached hydrogens (tertiary/aromatic N) is 2. The van der Waals surface area contributed by atoms with Gasteiger partial charge in [-0.05, 0) is 56.0 Å². The van der Waals surface area contributed by atoms with Gasteiger partial charge >= 0.3 is 0 Å². The number of sulfonamides is 1. The second kappa shape index (κ2) is 14.2. The normalized spacial score (nSPS) is 14.2. The molecule has 0 heterocycles. The van der Waals surface area contributed by atoms with Gasteiger partial charge in [-0.1, -0.05) is 61.4 Å². The topological polar surface area (TPSA) is 105 Å². The van der Waals surface area contributed by atoms with E-state index in [0.717, 1.165) is 35.6 Å². The molecule has 1 fully saturated rings. The summed E-state index contributed by atoms with van der Waals surface area (Å²) in [6.45, 7) is 1.38. The quantitative estimate of drug-likeness (QED) is 0.315. The molecule has 4 rings (SSSR count). The second-order valence-corrected chi connectivity index (χ2v) is 12.2. The first kappa shape index (κ1) is 30.9. The van der Waals surface area contributed by atoms with Crippen molar-refractivity contribution >= 4 is 27.5 Å². The van der Waals surface area contributed by atoms with Crippen LogP contribution in [0.3, 0.4) is 0 Å². The van der Waals surface area contributed by atoms with E-state index in [9.17, 15) is 18.0 Å². The molecular formula is C32H39N3O6S. The molecule has 1 saturated carbocycles. The van der Waals surface area contributed by atoms with Gasteiger partial charge in [0.05, 0.1) is 24.8 Å². The van der Waals surface area contributed by atoms with Crippen LogP contribution < -0.4 is 19.1 Å². The Kier molecular flexibility index (Phi) is 10.5. The molecule has 10 heteroatoms. The van der Waals surface area contributed by atoms with E-state index in [1.54, 1.807) is 37.3 Å². The first-order chi connectivity index (χ1) is 20.2. The number of ether oxygens (including phenoxy) is 2. The van der Waals surface area contributed by atoms with Crippen LogP contribution in [0.5, 0.6) is 11.5 Å². The van der Waals surface area contributed by atoms with Crippen molar-refractivity contribution in [1.82, 2.24) is 10.2 Å². The minimum Gasteiger partial charge on any atom is -0.497 e. The standard InChI is InChI=1S/C32H39N3O6S/c1-24(32(37)33-26-14-10-11-15-26)34(21-20-25-12-6-4-7-13-25)31(36)23-35(42(38,39)28-16-8-5-9-17-28)29-22-27(40-2)18-19-30(29)41-3/h4-9,12-13,16-19,22,24,26H,10-11,14-15,20-21,23H2,1-3H3,(H,33,37)/t24-/m1/s1. The zero-order valence-corrected chi connectivity index (χ0v) is 25.2. The Morgan fingerprint density at radius 3 is 2.19 bits per heavy atom. The molecule has 0 aromatic heterocycles. The van der Waals surface area contributed by atoms with Crippen LogP contribution in [0.4, 0.5) is 5.69 Å². The lowest BCUT2D eigenvalue weighted by Crippen LogP contribution is -2.53. The number of anilines is 1. The summed E-state index contributed by atoms with van der Waals surface area (Å²) in [5.74, 6) is -0.105. The Morgan fingerprint density at radius 2 is 1.57 bits per heavy atom. The molecule has 1 atom stereocenters. The number of hydrogen-bond donors (Lipinski definition) is 1. The third kappa shape index (κ3) is 7.42. The average Bonchev–Trinajstić information content (AvgIpc) is 3.53. The van der Waals surface area contributed by atoms with Crippen molar-refractivity contribution in [3.05, 3.63) is 84.4 Å². The molecule has 224 valence electrons. The molecule has 1 N–H and O–H groups in total. The van der Waals surface area contributed by atoms with E-state index in [-0.39, 0.29) is 34.8 Å². The highest BCUT2D eigenvalue weighted by Gasteiger charge is 2.34. The lowest BCUT2D eigenvalue weighted by Gasteiger charge is -2.33. The Balaban J connectivity index is 1.70. The zero-order chi connectivity index (χ0) is 30.1. The van der Waals surface area contributed by atoms with E-state index in [0.29, 0.717) is 12.2 Å². The summed E-state index contributed by atoms with van der Waals surface area (Å²) in [6, 6.07) is 21.6. The molecule has 0 saturated heterocycles. The van der Waals surface area contributed by atoms with Gasteiger partial charge in [0.2, 0.25) is 11.8 Å². The first-order valence-corrected chi connectivity index (χ1v) is 15.6. The van der Waals surface area contributed by atoms with Crippen molar-refractivity contribution in [2.75, 3.05) is 31.6 Å². The van der Waals surface area contributed by atoms with Crippen LogP contribution in [-0.2, 0) is 26.0 Å². The van der Waals surface area contributed by atoms with Crippen LogP contribution in [0.15, 0.2) is 83.8 Å². The predicted octanol–water partition coefficient (Wildman–Crippen LogP) is 4.42. The Morgan fingerprint density at radius 1 is 0.929 bits per heavy atom. The van der Waals surface area contributed by atoms with E-state index in [1.807, 2.05) is 30.3 Å². The second-order valence-electron chi connectivity index (χ2n) is 10.4. The number of nitrogens with one attached hydrogen (secondary N) is 1. The van der Waals surface area contributed by atoms with Crippen LogP contribution in [0.2, 0.25) is 0 Å². The Hall–Kier alpha value is -4.05. The van der Waals surface area contributed by atoms with Gasteiger partial charge < -0.3 is 19.7 Å². The Bertz CT molecular complexity index is 1440. The molecule has 3 aromatic rings. The molecule has 1 aliphatic rings. The summed E-state index contributed by atoms with van der Waals surface area (Å²) in [4.78, 5) is 29.0. The molecule has 2 amide bonds. The smallest absolute Gasteiger partial charge is 0.264 e. The zero-order valence-electron chi connectivity index (χ0n) is 24.4. The van der Waals surface area contributed by atoms with Gasteiger partial charge in [-0.3, -0.25) is 13.9 Å². The minimum absolute atomic E-state index is 0.0190. The van der Waals surface area contributed by atoms with Crippen molar-refractivity contribution < 1.29 is 27.5 Å². The van der Waals surface area contributed by atoms with E-state index in [2.05, 4.69) is 5.32 Å². The maximum atomic E-state index is 14.1. The van der Waals surface area contributed by atoms with E-state index in [4.69, 9.17) is 9.47 Å². The fourth-order valence-electron chi connectivity index (χ4n) is 5.19. The monoisotopic (exact) mass is 593 g/mol. The Labute approximate surface area is 248 Å². The molecule has 1 aliphatic carbocycles.